The van der Waals surface area contributed by atoms with Gasteiger partial charge in [-0.2, -0.15) is 0 Å². The van der Waals surface area contributed by atoms with E-state index in [0.29, 0.717) is 12.5 Å². The normalized spacial score (nSPS) is 12.5. The van der Waals surface area contributed by atoms with Gasteiger partial charge in [0.05, 0.1) is 12.5 Å². The first-order chi connectivity index (χ1) is 8.04. The molecule has 0 aliphatic carbocycles. The van der Waals surface area contributed by atoms with E-state index in [4.69, 9.17) is 4.74 Å². The minimum absolute atomic E-state index is 0.0696. The second kappa shape index (κ2) is 6.43. The van der Waals surface area contributed by atoms with Crippen LogP contribution in [0.5, 0.6) is 0 Å². The lowest BCUT2D eigenvalue weighted by molar-refractivity contribution is -0.147. The van der Waals surface area contributed by atoms with Crippen molar-refractivity contribution in [2.24, 2.45) is 5.92 Å². The molecular formula is C15H22O2. The predicted molar refractivity (Wildman–Crippen MR) is 70.0 cm³/mol. The maximum absolute atomic E-state index is 11.5. The zero-order valence-corrected chi connectivity index (χ0v) is 11.2. The first-order valence-corrected chi connectivity index (χ1v) is 6.30. The lowest BCUT2D eigenvalue weighted by Gasteiger charge is -2.11. The second-order valence-corrected chi connectivity index (χ2v) is 4.75. The lowest BCUT2D eigenvalue weighted by atomic mass is 9.97. The number of hydrogen-bond acceptors (Lipinski definition) is 2. The molecule has 1 aromatic rings. The highest BCUT2D eigenvalue weighted by molar-refractivity contribution is 5.72. The molecule has 94 valence electrons. The van der Waals surface area contributed by atoms with E-state index in [1.54, 1.807) is 0 Å². The number of carbonyl (C=O) groups is 1. The van der Waals surface area contributed by atoms with E-state index in [-0.39, 0.29) is 11.9 Å². The molecule has 0 aliphatic rings. The number of carbonyl (C=O) groups excluding carboxylic acids is 1. The molecule has 0 spiro atoms. The third kappa shape index (κ3) is 4.22. The van der Waals surface area contributed by atoms with Crippen LogP contribution in [-0.4, -0.2) is 12.6 Å². The Hall–Kier alpha value is -1.31. The Kier molecular flexibility index (Phi) is 5.20. The summed E-state index contributed by atoms with van der Waals surface area (Å²) in [6, 6.07) is 8.48. The van der Waals surface area contributed by atoms with E-state index < -0.39 is 0 Å². The summed E-state index contributed by atoms with van der Waals surface area (Å²) in [7, 11) is 0. The molecule has 0 N–H and O–H groups in total. The van der Waals surface area contributed by atoms with E-state index >= 15 is 0 Å². The molecule has 0 amide bonds. The van der Waals surface area contributed by atoms with Crippen LogP contribution in [0.2, 0.25) is 0 Å². The third-order valence-electron chi connectivity index (χ3n) is 2.88. The Morgan fingerprint density at radius 1 is 1.18 bits per heavy atom. The zero-order chi connectivity index (χ0) is 12.8. The van der Waals surface area contributed by atoms with Crippen molar-refractivity contribution in [1.29, 1.82) is 0 Å². The molecule has 0 heterocycles. The fourth-order valence-corrected chi connectivity index (χ4v) is 1.76. The van der Waals surface area contributed by atoms with Crippen molar-refractivity contribution < 1.29 is 9.53 Å². The molecule has 2 nitrogen and oxygen atoms in total. The molecule has 1 aromatic carbocycles. The average molecular weight is 234 g/mol. The van der Waals surface area contributed by atoms with Gasteiger partial charge in [0, 0.05) is 0 Å². The van der Waals surface area contributed by atoms with Crippen molar-refractivity contribution in [3.63, 3.8) is 0 Å². The summed E-state index contributed by atoms with van der Waals surface area (Å²) in [4.78, 5) is 11.5. The molecule has 0 saturated carbocycles. The molecule has 1 rings (SSSR count). The standard InChI is InChI=1S/C15H22O2/c1-5-17-15(16)12(4)10-13-6-8-14(9-7-13)11(2)3/h6-9,11-12H,5,10H2,1-4H3. The van der Waals surface area contributed by atoms with Gasteiger partial charge in [-0.15, -0.1) is 0 Å². The molecule has 0 saturated heterocycles. The Morgan fingerprint density at radius 2 is 1.76 bits per heavy atom. The summed E-state index contributed by atoms with van der Waals surface area (Å²) in [6.45, 7) is 8.55. The Labute approximate surface area is 104 Å². The highest BCUT2D eigenvalue weighted by atomic mass is 16.5. The highest BCUT2D eigenvalue weighted by Gasteiger charge is 2.14. The summed E-state index contributed by atoms with van der Waals surface area (Å²) >= 11 is 0. The fourth-order valence-electron chi connectivity index (χ4n) is 1.76. The molecule has 1 atom stereocenters. The predicted octanol–water partition coefficient (Wildman–Crippen LogP) is 3.55. The van der Waals surface area contributed by atoms with Gasteiger partial charge in [-0.1, -0.05) is 45.0 Å². The minimum Gasteiger partial charge on any atom is -0.466 e. The quantitative estimate of drug-likeness (QED) is 0.728. The smallest absolute Gasteiger partial charge is 0.308 e. The number of benzene rings is 1. The molecule has 0 bridgehead atoms. The number of esters is 1. The molecule has 0 aromatic heterocycles. The minimum atomic E-state index is -0.111. The van der Waals surface area contributed by atoms with Gasteiger partial charge in [0.1, 0.15) is 0 Å². The number of rotatable bonds is 5. The van der Waals surface area contributed by atoms with Gasteiger partial charge >= 0.3 is 5.97 Å². The second-order valence-electron chi connectivity index (χ2n) is 4.75. The van der Waals surface area contributed by atoms with E-state index in [0.717, 1.165) is 6.42 Å². The van der Waals surface area contributed by atoms with Crippen LogP contribution in [0, 0.1) is 5.92 Å². The summed E-state index contributed by atoms with van der Waals surface area (Å²) in [5.41, 5.74) is 2.52. The van der Waals surface area contributed by atoms with Crippen LogP contribution in [0.4, 0.5) is 0 Å². The van der Waals surface area contributed by atoms with Crippen molar-refractivity contribution in [1.82, 2.24) is 0 Å². The van der Waals surface area contributed by atoms with E-state index in [2.05, 4.69) is 38.1 Å². The molecule has 2 heteroatoms. The molecular weight excluding hydrogens is 212 g/mol. The maximum atomic E-state index is 11.5. The monoisotopic (exact) mass is 234 g/mol. The average Bonchev–Trinajstić information content (AvgIpc) is 2.30. The van der Waals surface area contributed by atoms with Crippen LogP contribution in [0.3, 0.4) is 0 Å². The number of ether oxygens (including phenoxy) is 1. The molecule has 0 aliphatic heterocycles. The zero-order valence-electron chi connectivity index (χ0n) is 11.2. The summed E-state index contributed by atoms with van der Waals surface area (Å²) in [6.07, 6.45) is 0.747. The van der Waals surface area contributed by atoms with Crippen molar-refractivity contribution in [3.05, 3.63) is 35.4 Å². The first kappa shape index (κ1) is 13.8. The molecule has 17 heavy (non-hydrogen) atoms. The maximum Gasteiger partial charge on any atom is 0.308 e. The van der Waals surface area contributed by atoms with Crippen LogP contribution in [-0.2, 0) is 16.0 Å². The van der Waals surface area contributed by atoms with Crippen LogP contribution in [0.15, 0.2) is 24.3 Å². The molecule has 0 radical (unpaired) electrons. The fraction of sp³-hybridized carbons (Fsp3) is 0.533. The van der Waals surface area contributed by atoms with Crippen LogP contribution < -0.4 is 0 Å². The van der Waals surface area contributed by atoms with Gasteiger partial charge in [-0.05, 0) is 30.4 Å². The third-order valence-corrected chi connectivity index (χ3v) is 2.88. The van der Waals surface area contributed by atoms with Gasteiger partial charge in [-0.25, -0.2) is 0 Å². The Bertz CT molecular complexity index is 352. The highest BCUT2D eigenvalue weighted by Crippen LogP contribution is 2.17. The summed E-state index contributed by atoms with van der Waals surface area (Å²) in [5, 5.41) is 0. The first-order valence-electron chi connectivity index (χ1n) is 6.30. The topological polar surface area (TPSA) is 26.3 Å². The van der Waals surface area contributed by atoms with E-state index in [9.17, 15) is 4.79 Å². The van der Waals surface area contributed by atoms with Crippen molar-refractivity contribution >= 4 is 5.97 Å². The summed E-state index contributed by atoms with van der Waals surface area (Å²) < 4.78 is 5.00. The van der Waals surface area contributed by atoms with Gasteiger partial charge in [0.25, 0.3) is 0 Å². The van der Waals surface area contributed by atoms with Gasteiger partial charge < -0.3 is 4.74 Å². The largest absolute Gasteiger partial charge is 0.466 e. The van der Waals surface area contributed by atoms with Gasteiger partial charge in [0.2, 0.25) is 0 Å². The van der Waals surface area contributed by atoms with E-state index in [1.807, 2.05) is 13.8 Å². The van der Waals surface area contributed by atoms with E-state index in [1.165, 1.54) is 11.1 Å². The molecule has 0 fully saturated rings. The number of hydrogen-bond donors (Lipinski definition) is 0. The summed E-state index contributed by atoms with van der Waals surface area (Å²) in [5.74, 6) is 0.367. The van der Waals surface area contributed by atoms with Crippen LogP contribution in [0.1, 0.15) is 44.7 Å². The van der Waals surface area contributed by atoms with Crippen molar-refractivity contribution in [2.75, 3.05) is 6.61 Å². The van der Waals surface area contributed by atoms with Crippen molar-refractivity contribution in [3.8, 4) is 0 Å². The lowest BCUT2D eigenvalue weighted by Crippen LogP contribution is -2.16. The van der Waals surface area contributed by atoms with Crippen LogP contribution in [0.25, 0.3) is 0 Å². The van der Waals surface area contributed by atoms with Crippen molar-refractivity contribution in [2.45, 2.75) is 40.0 Å². The Morgan fingerprint density at radius 3 is 2.24 bits per heavy atom. The van der Waals surface area contributed by atoms with Gasteiger partial charge in [-0.3, -0.25) is 4.79 Å². The van der Waals surface area contributed by atoms with Gasteiger partial charge in [0.15, 0.2) is 0 Å². The Balaban J connectivity index is 2.60. The van der Waals surface area contributed by atoms with Crippen LogP contribution >= 0.6 is 0 Å². The molecule has 1 unspecified atom stereocenters. The SMILES string of the molecule is CCOC(=O)C(C)Cc1ccc(C(C)C)cc1.